The molecule has 0 bridgehead atoms. The molecule has 126 valence electrons. The van der Waals surface area contributed by atoms with Crippen LogP contribution in [-0.2, 0) is 24.3 Å². The molecule has 1 amide bonds. The van der Waals surface area contributed by atoms with Crippen molar-refractivity contribution in [2.75, 3.05) is 18.8 Å². The molecule has 1 unspecified atom stereocenters. The summed E-state index contributed by atoms with van der Waals surface area (Å²) in [5, 5.41) is 0.588. The summed E-state index contributed by atoms with van der Waals surface area (Å²) in [5.41, 5.74) is 8.39. The molecule has 6 heteroatoms. The highest BCUT2D eigenvalue weighted by Crippen LogP contribution is 2.28. The third-order valence-corrected chi connectivity index (χ3v) is 5.79. The lowest BCUT2D eigenvalue weighted by Crippen LogP contribution is -2.50. The van der Waals surface area contributed by atoms with Crippen LogP contribution in [0.15, 0.2) is 30.5 Å². The molecule has 0 radical (unpaired) electrons. The zero-order valence-corrected chi connectivity index (χ0v) is 14.5. The minimum absolute atomic E-state index is 0.0821. The van der Waals surface area contributed by atoms with E-state index < -0.39 is 0 Å². The average Bonchev–Trinajstić information content (AvgIpc) is 3.25. The van der Waals surface area contributed by atoms with Crippen LogP contribution >= 0.6 is 11.3 Å². The van der Waals surface area contributed by atoms with Crippen molar-refractivity contribution in [1.82, 2.24) is 14.8 Å². The summed E-state index contributed by atoms with van der Waals surface area (Å²) in [4.78, 5) is 22.7. The molecule has 2 aliphatic heterocycles. The highest BCUT2D eigenvalue weighted by atomic mass is 32.1. The van der Waals surface area contributed by atoms with Crippen LogP contribution in [-0.4, -0.2) is 39.8 Å². The largest absolute Gasteiger partial charge is 0.375 e. The highest BCUT2D eigenvalue weighted by Gasteiger charge is 2.35. The molecule has 1 fully saturated rings. The number of thiazole rings is 1. The van der Waals surface area contributed by atoms with E-state index in [4.69, 9.17) is 5.73 Å². The number of nitrogens with two attached hydrogens (primary N) is 1. The highest BCUT2D eigenvalue weighted by molar-refractivity contribution is 7.15. The zero-order chi connectivity index (χ0) is 16.5. The van der Waals surface area contributed by atoms with E-state index in [0.29, 0.717) is 5.13 Å². The molecule has 1 aromatic carbocycles. The van der Waals surface area contributed by atoms with E-state index in [1.165, 1.54) is 22.5 Å². The predicted octanol–water partition coefficient (Wildman–Crippen LogP) is 2.27. The minimum Gasteiger partial charge on any atom is -0.375 e. The van der Waals surface area contributed by atoms with E-state index in [2.05, 4.69) is 34.1 Å². The average molecular weight is 342 g/mol. The number of amides is 1. The van der Waals surface area contributed by atoms with Crippen molar-refractivity contribution >= 4 is 22.4 Å². The van der Waals surface area contributed by atoms with E-state index in [-0.39, 0.29) is 11.9 Å². The van der Waals surface area contributed by atoms with Crippen LogP contribution in [0.1, 0.15) is 28.8 Å². The maximum absolute atomic E-state index is 13.1. The molecule has 3 heterocycles. The second-order valence-electron chi connectivity index (χ2n) is 6.59. The molecule has 24 heavy (non-hydrogen) atoms. The summed E-state index contributed by atoms with van der Waals surface area (Å²) in [5.74, 6) is 0.277. The molecule has 2 aliphatic rings. The van der Waals surface area contributed by atoms with Crippen molar-refractivity contribution in [3.8, 4) is 0 Å². The van der Waals surface area contributed by atoms with Crippen molar-refractivity contribution in [2.24, 2.45) is 0 Å². The fourth-order valence-electron chi connectivity index (χ4n) is 3.73. The van der Waals surface area contributed by atoms with Gasteiger partial charge >= 0.3 is 0 Å². The Morgan fingerprint density at radius 1 is 1.25 bits per heavy atom. The first kappa shape index (κ1) is 15.6. The smallest absolute Gasteiger partial charge is 0.240 e. The maximum atomic E-state index is 13.1. The van der Waals surface area contributed by atoms with Crippen LogP contribution in [0.5, 0.6) is 0 Å². The van der Waals surface area contributed by atoms with Crippen LogP contribution in [0.2, 0.25) is 0 Å². The number of hydrogen-bond donors (Lipinski definition) is 1. The molecule has 0 saturated carbocycles. The Morgan fingerprint density at radius 3 is 2.71 bits per heavy atom. The number of carbonyl (C=O) groups is 1. The van der Waals surface area contributed by atoms with E-state index in [1.54, 1.807) is 0 Å². The van der Waals surface area contributed by atoms with Crippen molar-refractivity contribution in [1.29, 1.82) is 0 Å². The van der Waals surface area contributed by atoms with E-state index in [0.717, 1.165) is 50.3 Å². The number of nitrogen functional groups attached to an aromatic ring is 1. The summed E-state index contributed by atoms with van der Waals surface area (Å²) in [6.45, 7) is 3.34. The lowest BCUT2D eigenvalue weighted by molar-refractivity contribution is -0.136. The van der Waals surface area contributed by atoms with Gasteiger partial charge in [0.1, 0.15) is 0 Å². The van der Waals surface area contributed by atoms with E-state index >= 15 is 0 Å². The Kier molecular flexibility index (Phi) is 4.24. The molecule has 1 atom stereocenters. The Morgan fingerprint density at radius 2 is 2.00 bits per heavy atom. The van der Waals surface area contributed by atoms with E-state index in [9.17, 15) is 4.79 Å². The molecule has 0 aliphatic carbocycles. The fourth-order valence-corrected chi connectivity index (χ4v) is 4.44. The van der Waals surface area contributed by atoms with Gasteiger partial charge in [0.2, 0.25) is 5.91 Å². The van der Waals surface area contributed by atoms with Crippen LogP contribution in [0.3, 0.4) is 0 Å². The molecule has 0 spiro atoms. The second kappa shape index (κ2) is 6.53. The van der Waals surface area contributed by atoms with Gasteiger partial charge in [0.05, 0.1) is 6.04 Å². The minimum atomic E-state index is -0.0821. The third-order valence-electron chi connectivity index (χ3n) is 4.98. The Balaban J connectivity index is 1.60. The number of hydrogen-bond acceptors (Lipinski definition) is 5. The molecule has 5 nitrogen and oxygen atoms in total. The molecule has 4 rings (SSSR count). The van der Waals surface area contributed by atoms with Gasteiger partial charge in [-0.15, -0.1) is 11.3 Å². The van der Waals surface area contributed by atoms with Gasteiger partial charge in [0.15, 0.2) is 5.13 Å². The summed E-state index contributed by atoms with van der Waals surface area (Å²) >= 11 is 1.51. The number of nitrogens with zero attached hydrogens (tertiary/aromatic N) is 3. The predicted molar refractivity (Wildman–Crippen MR) is 95.5 cm³/mol. The van der Waals surface area contributed by atoms with Crippen LogP contribution < -0.4 is 5.73 Å². The summed E-state index contributed by atoms with van der Waals surface area (Å²) in [6, 6.07) is 8.38. The topological polar surface area (TPSA) is 62.5 Å². The quantitative estimate of drug-likeness (QED) is 0.929. The standard InChI is InChI=1S/C18H22N4OS/c19-18-20-10-15(24-18)12-22-11-14-6-2-1-5-13(14)9-16(22)17(23)21-7-3-4-8-21/h1-2,5-6,10,16H,3-4,7-9,11-12H2,(H2,19,20). The SMILES string of the molecule is Nc1ncc(CN2Cc3ccccc3CC2C(=O)N2CCCC2)s1. The van der Waals surface area contributed by atoms with Gasteiger partial charge in [-0.05, 0) is 30.4 Å². The van der Waals surface area contributed by atoms with Crippen LogP contribution in [0, 0.1) is 0 Å². The van der Waals surface area contributed by atoms with Gasteiger partial charge in [-0.25, -0.2) is 4.98 Å². The lowest BCUT2D eigenvalue weighted by atomic mass is 9.93. The van der Waals surface area contributed by atoms with Gasteiger partial charge in [0, 0.05) is 37.3 Å². The number of aromatic nitrogens is 1. The monoisotopic (exact) mass is 342 g/mol. The van der Waals surface area contributed by atoms with E-state index in [1.807, 2.05) is 11.1 Å². The normalized spacial score (nSPS) is 21.0. The molecule has 1 saturated heterocycles. The first-order valence-electron chi connectivity index (χ1n) is 8.50. The van der Waals surface area contributed by atoms with Gasteiger partial charge in [-0.3, -0.25) is 9.69 Å². The number of carbonyl (C=O) groups excluding carboxylic acids is 1. The van der Waals surface area contributed by atoms with Gasteiger partial charge < -0.3 is 10.6 Å². The molecular formula is C18H22N4OS. The number of likely N-dealkylation sites (tertiary alicyclic amines) is 1. The third kappa shape index (κ3) is 3.03. The Hall–Kier alpha value is -1.92. The lowest BCUT2D eigenvalue weighted by Gasteiger charge is -2.37. The van der Waals surface area contributed by atoms with Crippen LogP contribution in [0.25, 0.3) is 0 Å². The van der Waals surface area contributed by atoms with Gasteiger partial charge in [0.25, 0.3) is 0 Å². The summed E-state index contributed by atoms with van der Waals surface area (Å²) in [7, 11) is 0. The van der Waals surface area contributed by atoms with Gasteiger partial charge in [-0.1, -0.05) is 24.3 Å². The molecule has 1 aromatic heterocycles. The number of anilines is 1. The second-order valence-corrected chi connectivity index (χ2v) is 7.74. The molecular weight excluding hydrogens is 320 g/mol. The van der Waals surface area contributed by atoms with Crippen LogP contribution in [0.4, 0.5) is 5.13 Å². The Labute approximate surface area is 146 Å². The van der Waals surface area contributed by atoms with Crippen molar-refractivity contribution in [3.63, 3.8) is 0 Å². The molecule has 2 aromatic rings. The van der Waals surface area contributed by atoms with Crippen molar-refractivity contribution in [3.05, 3.63) is 46.5 Å². The maximum Gasteiger partial charge on any atom is 0.240 e. The van der Waals surface area contributed by atoms with Crippen molar-refractivity contribution in [2.45, 2.75) is 38.4 Å². The number of rotatable bonds is 3. The first-order valence-corrected chi connectivity index (χ1v) is 9.32. The number of fused-ring (bicyclic) bond motifs is 1. The zero-order valence-electron chi connectivity index (χ0n) is 13.6. The van der Waals surface area contributed by atoms with Gasteiger partial charge in [-0.2, -0.15) is 0 Å². The summed E-state index contributed by atoms with van der Waals surface area (Å²) < 4.78 is 0. The Bertz CT molecular complexity index is 738. The first-order chi connectivity index (χ1) is 11.7. The number of benzene rings is 1. The fraction of sp³-hybridized carbons (Fsp3) is 0.444. The molecule has 2 N–H and O–H groups in total. The summed E-state index contributed by atoms with van der Waals surface area (Å²) in [6.07, 6.45) is 4.87. The van der Waals surface area contributed by atoms with Crippen molar-refractivity contribution < 1.29 is 4.79 Å².